The highest BCUT2D eigenvalue weighted by Gasteiger charge is 2.16. The Balaban J connectivity index is 1.56. The Morgan fingerprint density at radius 1 is 0.500 bits per heavy atom. The maximum atomic E-state index is 9.50. The van der Waals surface area contributed by atoms with Crippen LogP contribution in [0, 0.1) is 0 Å². The van der Waals surface area contributed by atoms with E-state index in [2.05, 4.69) is 34.1 Å². The van der Waals surface area contributed by atoms with Gasteiger partial charge in [0.1, 0.15) is 5.75 Å². The molecule has 0 unspecified atom stereocenters. The number of hydrogen-bond acceptors (Lipinski definition) is 6. The van der Waals surface area contributed by atoms with Crippen LogP contribution in [0.15, 0.2) is 121 Å². The molecule has 5 aromatic carbocycles. The summed E-state index contributed by atoms with van der Waals surface area (Å²) >= 11 is 0. The van der Waals surface area contributed by atoms with E-state index in [9.17, 15) is 5.11 Å². The lowest BCUT2D eigenvalue weighted by Gasteiger charge is -2.28. The van der Waals surface area contributed by atoms with E-state index < -0.39 is 0 Å². The molecule has 0 amide bonds. The fourth-order valence-corrected chi connectivity index (χ4v) is 4.37. The number of nitrogens with zero attached hydrogens (tertiary/aromatic N) is 2. The van der Waals surface area contributed by atoms with Crippen LogP contribution in [-0.4, -0.2) is 12.2 Å². The van der Waals surface area contributed by atoms with Crippen molar-refractivity contribution in [1.82, 2.24) is 0 Å². The zero-order valence-electron chi connectivity index (χ0n) is 21.2. The molecule has 5 aromatic rings. The van der Waals surface area contributed by atoms with Crippen molar-refractivity contribution < 1.29 is 9.84 Å². The molecule has 0 radical (unpaired) electrons. The molecule has 0 saturated heterocycles. The van der Waals surface area contributed by atoms with E-state index in [1.165, 1.54) is 0 Å². The first kappa shape index (κ1) is 24.7. The molecule has 0 heterocycles. The summed E-state index contributed by atoms with van der Waals surface area (Å²) in [5.41, 5.74) is 20.2. The first-order chi connectivity index (χ1) is 18.6. The second-order valence-corrected chi connectivity index (χ2v) is 8.89. The van der Waals surface area contributed by atoms with Crippen LogP contribution in [0.25, 0.3) is 0 Å². The van der Waals surface area contributed by atoms with Gasteiger partial charge in [-0.15, -0.1) is 0 Å². The summed E-state index contributed by atoms with van der Waals surface area (Å²) in [6, 6.07) is 39.9. The summed E-state index contributed by atoms with van der Waals surface area (Å²) in [6.45, 7) is 0.00315. The number of ether oxygens (including phenoxy) is 1. The third-order valence-corrected chi connectivity index (χ3v) is 6.38. The van der Waals surface area contributed by atoms with Gasteiger partial charge in [-0.05, 0) is 115 Å². The standard InChI is InChI=1S/C32H30N4O2/c1-38-32-20-18-31(19-21-32)36(28-12-6-25(34)7-13-28)30-16-14-29(15-17-30)35(27-10-4-24(33)5-11-27)26-8-2-23(22-37)3-9-26/h2-21,37H,22,33-34H2,1H3. The molecule has 190 valence electrons. The second-order valence-electron chi connectivity index (χ2n) is 8.89. The first-order valence-corrected chi connectivity index (χ1v) is 12.3. The predicted molar refractivity (Wildman–Crippen MR) is 157 cm³/mol. The van der Waals surface area contributed by atoms with Crippen molar-refractivity contribution in [2.75, 3.05) is 28.4 Å². The lowest BCUT2D eigenvalue weighted by atomic mass is 10.1. The molecule has 0 spiro atoms. The topological polar surface area (TPSA) is 88.0 Å². The van der Waals surface area contributed by atoms with Gasteiger partial charge in [0.25, 0.3) is 0 Å². The SMILES string of the molecule is COc1ccc(N(c2ccc(N)cc2)c2ccc(N(c3ccc(N)cc3)c3ccc(CO)cc3)cc2)cc1. The van der Waals surface area contributed by atoms with Crippen LogP contribution in [0.1, 0.15) is 5.56 Å². The van der Waals surface area contributed by atoms with Crippen LogP contribution in [0.5, 0.6) is 5.75 Å². The van der Waals surface area contributed by atoms with Gasteiger partial charge in [0.15, 0.2) is 0 Å². The Hall–Kier alpha value is -4.94. The van der Waals surface area contributed by atoms with Crippen molar-refractivity contribution in [1.29, 1.82) is 0 Å². The molecule has 6 nitrogen and oxygen atoms in total. The van der Waals surface area contributed by atoms with E-state index in [4.69, 9.17) is 16.2 Å². The van der Waals surface area contributed by atoms with Gasteiger partial charge < -0.3 is 31.1 Å². The van der Waals surface area contributed by atoms with Crippen LogP contribution in [-0.2, 0) is 6.61 Å². The zero-order chi connectivity index (χ0) is 26.5. The molecular weight excluding hydrogens is 472 g/mol. The van der Waals surface area contributed by atoms with Crippen molar-refractivity contribution in [2.45, 2.75) is 6.61 Å². The smallest absolute Gasteiger partial charge is 0.119 e. The number of nitrogen functional groups attached to an aromatic ring is 2. The van der Waals surface area contributed by atoms with Gasteiger partial charge in [0.2, 0.25) is 0 Å². The predicted octanol–water partition coefficient (Wildman–Crippen LogP) is 7.29. The van der Waals surface area contributed by atoms with Crippen LogP contribution >= 0.6 is 0 Å². The maximum Gasteiger partial charge on any atom is 0.119 e. The molecule has 5 rings (SSSR count). The van der Waals surface area contributed by atoms with Crippen LogP contribution < -0.4 is 26.0 Å². The molecule has 5 N–H and O–H groups in total. The molecule has 0 bridgehead atoms. The normalized spacial score (nSPS) is 10.7. The monoisotopic (exact) mass is 502 g/mol. The second kappa shape index (κ2) is 11.0. The molecule has 6 heteroatoms. The first-order valence-electron chi connectivity index (χ1n) is 12.3. The van der Waals surface area contributed by atoms with E-state index in [-0.39, 0.29) is 6.61 Å². The third-order valence-electron chi connectivity index (χ3n) is 6.38. The van der Waals surface area contributed by atoms with E-state index in [0.717, 1.165) is 45.4 Å². The summed E-state index contributed by atoms with van der Waals surface area (Å²) in [5.74, 6) is 0.799. The maximum absolute atomic E-state index is 9.50. The molecule has 0 aromatic heterocycles. The number of hydrogen-bond donors (Lipinski definition) is 3. The van der Waals surface area contributed by atoms with E-state index in [1.807, 2.05) is 97.1 Å². The quantitative estimate of drug-likeness (QED) is 0.193. The molecule has 0 aliphatic rings. The van der Waals surface area contributed by atoms with E-state index >= 15 is 0 Å². The average Bonchev–Trinajstić information content (AvgIpc) is 2.97. The van der Waals surface area contributed by atoms with Gasteiger partial charge in [0.05, 0.1) is 13.7 Å². The van der Waals surface area contributed by atoms with Gasteiger partial charge >= 0.3 is 0 Å². The fraction of sp³-hybridized carbons (Fsp3) is 0.0625. The van der Waals surface area contributed by atoms with E-state index in [1.54, 1.807) is 7.11 Å². The van der Waals surface area contributed by atoms with Crippen LogP contribution in [0.4, 0.5) is 45.5 Å². The minimum Gasteiger partial charge on any atom is -0.497 e. The minimum absolute atomic E-state index is 0.00315. The molecule has 0 saturated carbocycles. The van der Waals surface area contributed by atoms with Crippen LogP contribution in [0.3, 0.4) is 0 Å². The van der Waals surface area contributed by atoms with Gasteiger partial charge in [-0.25, -0.2) is 0 Å². The van der Waals surface area contributed by atoms with Crippen LogP contribution in [0.2, 0.25) is 0 Å². The summed E-state index contributed by atoms with van der Waals surface area (Å²) in [6.07, 6.45) is 0. The number of rotatable bonds is 8. The molecule has 0 fully saturated rings. The highest BCUT2D eigenvalue weighted by atomic mass is 16.5. The van der Waals surface area contributed by atoms with Crippen molar-refractivity contribution in [3.63, 3.8) is 0 Å². The summed E-state index contributed by atoms with van der Waals surface area (Å²) in [5, 5.41) is 9.50. The molecule has 38 heavy (non-hydrogen) atoms. The van der Waals surface area contributed by atoms with Gasteiger partial charge in [-0.2, -0.15) is 0 Å². The number of aliphatic hydroxyl groups is 1. The van der Waals surface area contributed by atoms with Crippen molar-refractivity contribution in [3.05, 3.63) is 127 Å². The molecule has 0 atom stereocenters. The highest BCUT2D eigenvalue weighted by Crippen LogP contribution is 2.39. The Morgan fingerprint density at radius 2 is 0.789 bits per heavy atom. The Morgan fingerprint density at radius 3 is 1.11 bits per heavy atom. The highest BCUT2D eigenvalue weighted by molar-refractivity contribution is 5.81. The van der Waals surface area contributed by atoms with Gasteiger partial charge in [-0.1, -0.05) is 12.1 Å². The number of aliphatic hydroxyl groups excluding tert-OH is 1. The lowest BCUT2D eigenvalue weighted by molar-refractivity contribution is 0.282. The van der Waals surface area contributed by atoms with E-state index in [0.29, 0.717) is 11.4 Å². The summed E-state index contributed by atoms with van der Waals surface area (Å²) < 4.78 is 5.36. The number of benzene rings is 5. The number of methoxy groups -OCH3 is 1. The Bertz CT molecular complexity index is 1350. The molecule has 0 aliphatic carbocycles. The molecular formula is C32H30N4O2. The largest absolute Gasteiger partial charge is 0.497 e. The van der Waals surface area contributed by atoms with Gasteiger partial charge in [0, 0.05) is 45.5 Å². The van der Waals surface area contributed by atoms with Crippen molar-refractivity contribution in [3.8, 4) is 5.75 Å². The zero-order valence-corrected chi connectivity index (χ0v) is 21.2. The number of anilines is 8. The lowest BCUT2D eigenvalue weighted by Crippen LogP contribution is -2.12. The summed E-state index contributed by atoms with van der Waals surface area (Å²) in [7, 11) is 1.66. The minimum atomic E-state index is 0.00315. The van der Waals surface area contributed by atoms with Crippen molar-refractivity contribution >= 4 is 45.5 Å². The third kappa shape index (κ3) is 5.26. The Labute approximate surface area is 222 Å². The fourth-order valence-electron chi connectivity index (χ4n) is 4.37. The number of nitrogens with two attached hydrogens (primary N) is 2. The summed E-state index contributed by atoms with van der Waals surface area (Å²) in [4.78, 5) is 4.33. The average molecular weight is 503 g/mol. The molecule has 0 aliphatic heterocycles. The van der Waals surface area contributed by atoms with Gasteiger partial charge in [-0.3, -0.25) is 0 Å². The van der Waals surface area contributed by atoms with Crippen molar-refractivity contribution in [2.24, 2.45) is 0 Å². The Kier molecular flexibility index (Phi) is 7.15.